The van der Waals surface area contributed by atoms with Gasteiger partial charge in [-0.3, -0.25) is 0 Å². The highest BCUT2D eigenvalue weighted by Gasteiger charge is 2.35. The summed E-state index contributed by atoms with van der Waals surface area (Å²) in [7, 11) is -4.28. The molecule has 2 aromatic rings. The number of aromatic hydroxyl groups is 1. The highest BCUT2D eigenvalue weighted by molar-refractivity contribution is 7.93. The number of phenolic OH excluding ortho intramolecular Hbond substituents is 1. The summed E-state index contributed by atoms with van der Waals surface area (Å²) < 4.78 is 26.5. The van der Waals surface area contributed by atoms with Crippen LogP contribution in [-0.2, 0) is 14.8 Å². The van der Waals surface area contributed by atoms with Crippen LogP contribution < -0.4 is 10.0 Å². The van der Waals surface area contributed by atoms with Gasteiger partial charge in [-0.2, -0.15) is 0 Å². The van der Waals surface area contributed by atoms with Crippen molar-refractivity contribution in [1.82, 2.24) is 0 Å². The molecular weight excluding hydrogens is 320 g/mol. The van der Waals surface area contributed by atoms with E-state index in [9.17, 15) is 23.4 Å². The molecule has 0 aliphatic rings. The van der Waals surface area contributed by atoms with Gasteiger partial charge < -0.3 is 15.9 Å². The predicted molar refractivity (Wildman–Crippen MR) is 85.7 cm³/mol. The zero-order valence-corrected chi connectivity index (χ0v) is 13.1. The fourth-order valence-corrected chi connectivity index (χ4v) is 3.87. The molecule has 0 saturated carbocycles. The van der Waals surface area contributed by atoms with Crippen LogP contribution in [0, 0.1) is 0 Å². The Morgan fingerprint density at radius 1 is 1.13 bits per heavy atom. The molecule has 7 nitrogen and oxygen atoms in total. The van der Waals surface area contributed by atoms with Crippen molar-refractivity contribution in [2.45, 2.75) is 17.9 Å². The lowest BCUT2D eigenvalue weighted by atomic mass is 10.2. The van der Waals surface area contributed by atoms with Gasteiger partial charge in [0.25, 0.3) is 10.0 Å². The first kappa shape index (κ1) is 16.6. The first-order valence-corrected chi connectivity index (χ1v) is 8.10. The Labute approximate surface area is 133 Å². The van der Waals surface area contributed by atoms with E-state index in [1.807, 2.05) is 0 Å². The summed E-state index contributed by atoms with van der Waals surface area (Å²) in [6.45, 7) is 1.21. The summed E-state index contributed by atoms with van der Waals surface area (Å²) in [4.78, 5) is 11.1. The van der Waals surface area contributed by atoms with Gasteiger partial charge in [0.15, 0.2) is 0 Å². The average Bonchev–Trinajstić information content (AvgIpc) is 2.49. The minimum absolute atomic E-state index is 0.00879. The van der Waals surface area contributed by atoms with Gasteiger partial charge >= 0.3 is 5.97 Å². The molecule has 0 amide bonds. The van der Waals surface area contributed by atoms with E-state index in [0.29, 0.717) is 4.31 Å². The Bertz CT molecular complexity index is 835. The number of hydrogen-bond acceptors (Lipinski definition) is 5. The number of phenols is 1. The van der Waals surface area contributed by atoms with Gasteiger partial charge in [0.2, 0.25) is 0 Å². The first-order chi connectivity index (χ1) is 10.8. The number of nitrogens with zero attached hydrogens (tertiary/aromatic N) is 1. The van der Waals surface area contributed by atoms with Crippen molar-refractivity contribution in [3.63, 3.8) is 0 Å². The normalized spacial score (nSPS) is 12.6. The molecule has 23 heavy (non-hydrogen) atoms. The summed E-state index contributed by atoms with van der Waals surface area (Å²) in [6, 6.07) is 9.91. The first-order valence-electron chi connectivity index (χ1n) is 6.66. The van der Waals surface area contributed by atoms with Gasteiger partial charge in [-0.1, -0.05) is 24.3 Å². The Balaban J connectivity index is 2.70. The Kier molecular flexibility index (Phi) is 4.46. The molecular formula is C15H16N2O5S. The second-order valence-corrected chi connectivity index (χ2v) is 6.62. The lowest BCUT2D eigenvalue weighted by molar-refractivity contribution is -0.137. The molecule has 8 heteroatoms. The number of nitrogens with two attached hydrogens (primary N) is 1. The van der Waals surface area contributed by atoms with Gasteiger partial charge in [-0.25, -0.2) is 17.5 Å². The summed E-state index contributed by atoms with van der Waals surface area (Å²) in [6.07, 6.45) is 0. The number of anilines is 2. The van der Waals surface area contributed by atoms with Crippen molar-refractivity contribution in [3.05, 3.63) is 48.5 Å². The predicted octanol–water partition coefficient (Wildman–Crippen LogP) is 1.64. The van der Waals surface area contributed by atoms with Gasteiger partial charge in [-0.05, 0) is 31.2 Å². The van der Waals surface area contributed by atoms with Gasteiger partial charge in [0.1, 0.15) is 16.7 Å². The van der Waals surface area contributed by atoms with Crippen LogP contribution in [0.25, 0.3) is 0 Å². The maximum atomic E-state index is 12.9. The van der Waals surface area contributed by atoms with Gasteiger partial charge in [-0.15, -0.1) is 0 Å². The van der Waals surface area contributed by atoms with Crippen LogP contribution in [0.15, 0.2) is 53.4 Å². The highest BCUT2D eigenvalue weighted by Crippen LogP contribution is 2.34. The van der Waals surface area contributed by atoms with E-state index in [4.69, 9.17) is 5.73 Å². The van der Waals surface area contributed by atoms with Crippen molar-refractivity contribution in [3.8, 4) is 5.75 Å². The monoisotopic (exact) mass is 336 g/mol. The molecule has 0 radical (unpaired) electrons. The molecule has 2 aromatic carbocycles. The van der Waals surface area contributed by atoms with Gasteiger partial charge in [0, 0.05) is 0 Å². The number of rotatable bonds is 5. The van der Waals surface area contributed by atoms with Crippen LogP contribution in [0.2, 0.25) is 0 Å². The van der Waals surface area contributed by atoms with Crippen molar-refractivity contribution in [1.29, 1.82) is 0 Å². The molecule has 0 fully saturated rings. The molecule has 0 aliphatic carbocycles. The molecule has 2 rings (SSSR count). The third kappa shape index (κ3) is 3.07. The van der Waals surface area contributed by atoms with Crippen molar-refractivity contribution in [2.75, 3.05) is 10.0 Å². The minimum atomic E-state index is -4.28. The average molecular weight is 336 g/mol. The van der Waals surface area contributed by atoms with E-state index in [2.05, 4.69) is 0 Å². The Hall–Kier alpha value is -2.74. The van der Waals surface area contributed by atoms with Crippen LogP contribution in [0.4, 0.5) is 11.4 Å². The molecule has 1 atom stereocenters. The van der Waals surface area contributed by atoms with Crippen LogP contribution in [0.3, 0.4) is 0 Å². The van der Waals surface area contributed by atoms with E-state index in [1.54, 1.807) is 6.07 Å². The number of para-hydroxylation sites is 3. The third-order valence-electron chi connectivity index (χ3n) is 3.28. The van der Waals surface area contributed by atoms with Crippen molar-refractivity contribution < 1.29 is 23.4 Å². The molecule has 0 spiro atoms. The number of carboxylic acids is 1. The molecule has 0 unspecified atom stereocenters. The topological polar surface area (TPSA) is 121 Å². The number of hydrogen-bond donors (Lipinski definition) is 3. The maximum Gasteiger partial charge on any atom is 0.327 e. The molecule has 0 saturated heterocycles. The van der Waals surface area contributed by atoms with E-state index in [1.165, 1.54) is 49.4 Å². The molecule has 0 aromatic heterocycles. The van der Waals surface area contributed by atoms with Crippen LogP contribution in [-0.4, -0.2) is 30.6 Å². The molecule has 0 heterocycles. The summed E-state index contributed by atoms with van der Waals surface area (Å²) >= 11 is 0. The van der Waals surface area contributed by atoms with E-state index >= 15 is 0 Å². The zero-order valence-electron chi connectivity index (χ0n) is 12.2. The Morgan fingerprint density at radius 2 is 1.70 bits per heavy atom. The molecule has 122 valence electrons. The van der Waals surface area contributed by atoms with Crippen molar-refractivity contribution in [2.24, 2.45) is 0 Å². The molecule has 0 bridgehead atoms. The van der Waals surface area contributed by atoms with E-state index in [0.717, 1.165) is 0 Å². The number of carboxylic acid groups (broad SMARTS) is 1. The third-order valence-corrected chi connectivity index (χ3v) is 5.24. The number of carbonyl (C=O) groups is 1. The van der Waals surface area contributed by atoms with Crippen LogP contribution in [0.1, 0.15) is 6.92 Å². The van der Waals surface area contributed by atoms with Crippen molar-refractivity contribution >= 4 is 27.4 Å². The van der Waals surface area contributed by atoms with E-state index in [-0.39, 0.29) is 22.0 Å². The molecule has 0 aliphatic heterocycles. The summed E-state index contributed by atoms with van der Waals surface area (Å²) in [5.74, 6) is -1.70. The van der Waals surface area contributed by atoms with Gasteiger partial charge in [0.05, 0.1) is 11.4 Å². The fourth-order valence-electron chi connectivity index (χ4n) is 2.12. The lowest BCUT2D eigenvalue weighted by Crippen LogP contribution is -2.43. The Morgan fingerprint density at radius 3 is 2.26 bits per heavy atom. The number of benzene rings is 2. The highest BCUT2D eigenvalue weighted by atomic mass is 32.2. The number of sulfonamides is 1. The fraction of sp³-hybridized carbons (Fsp3) is 0.133. The number of aliphatic carboxylic acids is 1. The lowest BCUT2D eigenvalue weighted by Gasteiger charge is -2.28. The minimum Gasteiger partial charge on any atom is -0.506 e. The SMILES string of the molecule is C[C@@H](C(=O)O)N(c1ccccc1O)S(=O)(=O)c1ccccc1N. The second-order valence-electron chi connectivity index (χ2n) is 4.84. The maximum absolute atomic E-state index is 12.9. The second kappa shape index (κ2) is 6.17. The summed E-state index contributed by atoms with van der Waals surface area (Å²) in [5.41, 5.74) is 5.58. The molecule has 4 N–H and O–H groups in total. The van der Waals surface area contributed by atoms with Crippen LogP contribution >= 0.6 is 0 Å². The van der Waals surface area contributed by atoms with E-state index < -0.39 is 22.0 Å². The quantitative estimate of drug-likeness (QED) is 0.714. The largest absolute Gasteiger partial charge is 0.506 e. The summed E-state index contributed by atoms with van der Waals surface area (Å²) in [5, 5.41) is 19.2. The number of nitrogen functional groups attached to an aromatic ring is 1. The zero-order chi connectivity index (χ0) is 17.2. The van der Waals surface area contributed by atoms with Crippen LogP contribution in [0.5, 0.6) is 5.75 Å². The smallest absolute Gasteiger partial charge is 0.327 e. The standard InChI is InChI=1S/C15H16N2O5S/c1-10(15(19)20)17(12-7-3-4-8-13(12)18)23(21,22)14-9-5-2-6-11(14)16/h2-10,18H,16H2,1H3,(H,19,20)/t10-/m0/s1.